The predicted octanol–water partition coefficient (Wildman–Crippen LogP) is 3.81. The van der Waals surface area contributed by atoms with E-state index in [1.54, 1.807) is 30.3 Å². The van der Waals surface area contributed by atoms with Gasteiger partial charge in [-0.25, -0.2) is 4.79 Å². The van der Waals surface area contributed by atoms with Crippen LogP contribution in [0.4, 0.5) is 0 Å². The van der Waals surface area contributed by atoms with Crippen LogP contribution >= 0.6 is 0 Å². The number of ether oxygens (including phenoxy) is 2. The Hall–Kier alpha value is -2.43. The lowest BCUT2D eigenvalue weighted by Crippen LogP contribution is -2.17. The SMILES string of the molecule is [2H][C@](O)(O[C@@H](C/C=C/C(=O)OC)CCc1ccccc1)c1ccccc1. The first-order valence-corrected chi connectivity index (χ1v) is 8.25. The van der Waals surface area contributed by atoms with Crippen molar-refractivity contribution < 1.29 is 20.7 Å². The fourth-order valence-corrected chi connectivity index (χ4v) is 2.39. The van der Waals surface area contributed by atoms with Crippen molar-refractivity contribution in [2.24, 2.45) is 0 Å². The highest BCUT2D eigenvalue weighted by atomic mass is 16.6. The summed E-state index contributed by atoms with van der Waals surface area (Å²) in [5.74, 6) is -0.448. The molecule has 0 aliphatic rings. The summed E-state index contributed by atoms with van der Waals surface area (Å²) in [4.78, 5) is 11.2. The summed E-state index contributed by atoms with van der Waals surface area (Å²) in [6.45, 7) is 0. The van der Waals surface area contributed by atoms with Gasteiger partial charge in [0.05, 0.1) is 14.6 Å². The van der Waals surface area contributed by atoms with E-state index in [1.807, 2.05) is 36.4 Å². The smallest absolute Gasteiger partial charge is 0.330 e. The fourth-order valence-electron chi connectivity index (χ4n) is 2.39. The number of hydrogen-bond donors (Lipinski definition) is 1. The third kappa shape index (κ3) is 6.91. The summed E-state index contributed by atoms with van der Waals surface area (Å²) in [6, 6.07) is 18.5. The topological polar surface area (TPSA) is 55.8 Å². The molecule has 0 aliphatic carbocycles. The zero-order valence-electron chi connectivity index (χ0n) is 15.3. The fraction of sp³-hybridized carbons (Fsp3) is 0.286. The number of methoxy groups -OCH3 is 1. The van der Waals surface area contributed by atoms with Crippen LogP contribution in [0.5, 0.6) is 0 Å². The van der Waals surface area contributed by atoms with Crippen LogP contribution in [0, 0.1) is 0 Å². The normalized spacial score (nSPS) is 15.4. The van der Waals surface area contributed by atoms with E-state index in [9.17, 15) is 9.90 Å². The van der Waals surface area contributed by atoms with Crippen molar-refractivity contribution in [2.45, 2.75) is 31.6 Å². The van der Waals surface area contributed by atoms with Gasteiger partial charge in [0.1, 0.15) is 0 Å². The van der Waals surface area contributed by atoms with Crippen molar-refractivity contribution >= 4 is 5.97 Å². The van der Waals surface area contributed by atoms with Gasteiger partial charge in [0.25, 0.3) is 0 Å². The average molecular weight is 341 g/mol. The Balaban J connectivity index is 2.06. The number of rotatable bonds is 9. The standard InChI is InChI=1S/C21H24O4/c1-24-20(22)14-8-13-19(16-15-17-9-4-2-5-10-17)25-21(23)18-11-6-3-7-12-18/h2-12,14,19,21,23H,13,15-16H2,1H3/b14-8+/t19-,21-/m0/s1/i21D. The summed E-state index contributed by atoms with van der Waals surface area (Å²) in [7, 11) is 1.31. The molecule has 0 unspecified atom stereocenters. The molecule has 0 aromatic heterocycles. The van der Waals surface area contributed by atoms with Crippen LogP contribution in [-0.2, 0) is 20.7 Å². The lowest BCUT2D eigenvalue weighted by Gasteiger charge is -2.21. The van der Waals surface area contributed by atoms with Crippen molar-refractivity contribution in [2.75, 3.05) is 7.11 Å². The van der Waals surface area contributed by atoms with E-state index in [4.69, 9.17) is 6.11 Å². The van der Waals surface area contributed by atoms with Crippen LogP contribution in [0.1, 0.15) is 31.6 Å². The Morgan fingerprint density at radius 3 is 2.44 bits per heavy atom. The highest BCUT2D eigenvalue weighted by Crippen LogP contribution is 2.20. The lowest BCUT2D eigenvalue weighted by atomic mass is 10.0. The minimum atomic E-state index is -2.15. The van der Waals surface area contributed by atoms with Crippen molar-refractivity contribution in [3.8, 4) is 0 Å². The van der Waals surface area contributed by atoms with Crippen LogP contribution < -0.4 is 0 Å². The van der Waals surface area contributed by atoms with Gasteiger partial charge in [-0.2, -0.15) is 0 Å². The first-order valence-electron chi connectivity index (χ1n) is 8.75. The Bertz CT molecular complexity index is 698. The van der Waals surface area contributed by atoms with Gasteiger partial charge in [-0.05, 0) is 24.8 Å². The van der Waals surface area contributed by atoms with Gasteiger partial charge in [0, 0.05) is 11.6 Å². The van der Waals surface area contributed by atoms with E-state index in [2.05, 4.69) is 4.74 Å². The first-order chi connectivity index (χ1) is 12.5. The zero-order valence-corrected chi connectivity index (χ0v) is 14.3. The minimum Gasteiger partial charge on any atom is -0.466 e. The number of carbonyl (C=O) groups is 1. The van der Waals surface area contributed by atoms with Crippen molar-refractivity contribution in [1.29, 1.82) is 0 Å². The summed E-state index contributed by atoms with van der Waals surface area (Å²) in [5, 5.41) is 10.4. The van der Waals surface area contributed by atoms with Gasteiger partial charge < -0.3 is 14.6 Å². The molecule has 0 saturated carbocycles. The molecule has 25 heavy (non-hydrogen) atoms. The first kappa shape index (κ1) is 17.4. The van der Waals surface area contributed by atoms with E-state index in [0.717, 1.165) is 12.0 Å². The summed E-state index contributed by atoms with van der Waals surface area (Å²) < 4.78 is 18.4. The van der Waals surface area contributed by atoms with E-state index in [-0.39, 0.29) is 0 Å². The lowest BCUT2D eigenvalue weighted by molar-refractivity contribution is -0.140. The molecule has 0 bridgehead atoms. The molecule has 2 aromatic rings. The molecule has 2 rings (SSSR count). The summed E-state index contributed by atoms with van der Waals surface area (Å²) in [6.07, 6.45) is 2.11. The molecule has 0 radical (unpaired) electrons. The van der Waals surface area contributed by atoms with E-state index < -0.39 is 18.3 Å². The number of esters is 1. The van der Waals surface area contributed by atoms with Gasteiger partial charge >= 0.3 is 5.97 Å². The second kappa shape index (κ2) is 10.4. The van der Waals surface area contributed by atoms with Gasteiger partial charge in [0.2, 0.25) is 0 Å². The molecule has 4 heteroatoms. The number of hydrogen-bond acceptors (Lipinski definition) is 4. The summed E-state index contributed by atoms with van der Waals surface area (Å²) in [5.41, 5.74) is 1.51. The van der Waals surface area contributed by atoms with Crippen LogP contribution in [-0.4, -0.2) is 24.3 Å². The molecule has 1 N–H and O–H groups in total. The quantitative estimate of drug-likeness (QED) is 0.428. The summed E-state index contributed by atoms with van der Waals surface area (Å²) >= 11 is 0. The maximum atomic E-state index is 11.2. The zero-order chi connectivity index (χ0) is 18.8. The van der Waals surface area contributed by atoms with Crippen molar-refractivity contribution in [3.63, 3.8) is 0 Å². The molecule has 2 atom stereocenters. The Labute approximate surface area is 150 Å². The molecule has 0 heterocycles. The molecule has 0 amide bonds. The third-order valence-electron chi connectivity index (χ3n) is 3.75. The molecule has 0 fully saturated rings. The number of aryl methyl sites for hydroxylation is 1. The van der Waals surface area contributed by atoms with Crippen LogP contribution in [0.25, 0.3) is 0 Å². The van der Waals surface area contributed by atoms with Gasteiger partial charge in [-0.3, -0.25) is 0 Å². The average Bonchev–Trinajstić information content (AvgIpc) is 2.67. The minimum absolute atomic E-state index is 0.363. The molecule has 132 valence electrons. The third-order valence-corrected chi connectivity index (χ3v) is 3.75. The highest BCUT2D eigenvalue weighted by molar-refractivity contribution is 5.81. The van der Waals surface area contributed by atoms with E-state index >= 15 is 0 Å². The Kier molecular flexibility index (Phi) is 7.26. The molecule has 2 aromatic carbocycles. The number of aliphatic hydroxyl groups is 1. The molecule has 0 saturated heterocycles. The molecule has 0 aliphatic heterocycles. The molecule has 0 spiro atoms. The van der Waals surface area contributed by atoms with Crippen LogP contribution in [0.2, 0.25) is 0 Å². The number of carbonyl (C=O) groups excluding carboxylic acids is 1. The largest absolute Gasteiger partial charge is 0.466 e. The van der Waals surface area contributed by atoms with Crippen molar-refractivity contribution in [1.82, 2.24) is 0 Å². The maximum absolute atomic E-state index is 11.2. The molecular weight excluding hydrogens is 316 g/mol. The Morgan fingerprint density at radius 2 is 1.80 bits per heavy atom. The second-order valence-corrected chi connectivity index (χ2v) is 5.60. The second-order valence-electron chi connectivity index (χ2n) is 5.60. The van der Waals surface area contributed by atoms with Gasteiger partial charge in [-0.1, -0.05) is 66.7 Å². The van der Waals surface area contributed by atoms with E-state index in [0.29, 0.717) is 18.4 Å². The monoisotopic (exact) mass is 341 g/mol. The molecule has 4 nitrogen and oxygen atoms in total. The maximum Gasteiger partial charge on any atom is 0.330 e. The Morgan fingerprint density at radius 1 is 1.16 bits per heavy atom. The van der Waals surface area contributed by atoms with E-state index in [1.165, 1.54) is 13.2 Å². The van der Waals surface area contributed by atoms with Crippen LogP contribution in [0.15, 0.2) is 72.8 Å². The molecular formula is C21H24O4. The van der Waals surface area contributed by atoms with Crippen LogP contribution in [0.3, 0.4) is 0 Å². The van der Waals surface area contributed by atoms with Gasteiger partial charge in [-0.15, -0.1) is 0 Å². The van der Waals surface area contributed by atoms with Gasteiger partial charge in [0.15, 0.2) is 6.27 Å². The van der Waals surface area contributed by atoms with Crippen molar-refractivity contribution in [3.05, 3.63) is 83.9 Å². The number of benzene rings is 2. The highest BCUT2D eigenvalue weighted by Gasteiger charge is 2.15. The predicted molar refractivity (Wildman–Crippen MR) is 96.8 cm³/mol.